The van der Waals surface area contributed by atoms with Gasteiger partial charge < -0.3 is 21.3 Å². The smallest absolute Gasteiger partial charge is 0.339 e. The highest BCUT2D eigenvalue weighted by Crippen LogP contribution is 2.15. The van der Waals surface area contributed by atoms with Gasteiger partial charge in [0.25, 0.3) is 0 Å². The van der Waals surface area contributed by atoms with Gasteiger partial charge in [0, 0.05) is 24.5 Å². The van der Waals surface area contributed by atoms with Crippen LogP contribution in [0.15, 0.2) is 84.9 Å². The Balaban J connectivity index is 0.000000215. The number of carbonyl (C=O) groups is 2. The zero-order valence-electron chi connectivity index (χ0n) is 20.6. The van der Waals surface area contributed by atoms with Gasteiger partial charge >= 0.3 is 11.9 Å². The summed E-state index contributed by atoms with van der Waals surface area (Å²) in [5.74, 6) is -1.62. The standard InChI is InChI=1S/C14H14N2O2.C7H6ClNO2.C7H9N/c1-10-7-8-12(14(17)18)13(16-10)15-9-11-5-3-2-4-6-11;1-4-2-3-5(7(10)11)6(8)9-4;8-6-7-4-2-1-3-5-7/h2-8H,9H2,1H3,(H,15,16)(H,17,18);2-3H,1H3,(H,10,11);1-5H,6,8H2. The van der Waals surface area contributed by atoms with Crippen LogP contribution in [0.4, 0.5) is 5.82 Å². The van der Waals surface area contributed by atoms with E-state index in [1.165, 1.54) is 11.6 Å². The summed E-state index contributed by atoms with van der Waals surface area (Å²) in [4.78, 5) is 29.5. The van der Waals surface area contributed by atoms with Crippen molar-refractivity contribution in [2.75, 3.05) is 5.32 Å². The number of pyridine rings is 2. The number of aromatic nitrogens is 2. The summed E-state index contributed by atoms with van der Waals surface area (Å²) in [6, 6.07) is 26.1. The Kier molecular flexibility index (Phi) is 11.7. The van der Waals surface area contributed by atoms with Crippen molar-refractivity contribution in [3.05, 3.63) is 124 Å². The number of carboxylic acid groups (broad SMARTS) is 2. The topological polar surface area (TPSA) is 138 Å². The molecule has 5 N–H and O–H groups in total. The molecule has 2 aromatic heterocycles. The molecule has 0 atom stereocenters. The Labute approximate surface area is 220 Å². The van der Waals surface area contributed by atoms with E-state index in [-0.39, 0.29) is 16.3 Å². The lowest BCUT2D eigenvalue weighted by atomic mass is 10.2. The van der Waals surface area contributed by atoms with E-state index >= 15 is 0 Å². The zero-order chi connectivity index (χ0) is 27.2. The predicted molar refractivity (Wildman–Crippen MR) is 145 cm³/mol. The zero-order valence-corrected chi connectivity index (χ0v) is 21.3. The molecule has 0 aliphatic carbocycles. The first-order valence-corrected chi connectivity index (χ1v) is 11.7. The van der Waals surface area contributed by atoms with Gasteiger partial charge in [-0.15, -0.1) is 0 Å². The van der Waals surface area contributed by atoms with Crippen LogP contribution in [-0.4, -0.2) is 32.1 Å². The first kappa shape index (κ1) is 29.0. The van der Waals surface area contributed by atoms with Crippen molar-refractivity contribution >= 4 is 29.4 Å². The fourth-order valence-corrected chi connectivity index (χ4v) is 3.22. The molecule has 0 saturated carbocycles. The maximum Gasteiger partial charge on any atom is 0.339 e. The number of carboxylic acids is 2. The Morgan fingerprint density at radius 1 is 0.757 bits per heavy atom. The van der Waals surface area contributed by atoms with Crippen molar-refractivity contribution in [1.29, 1.82) is 0 Å². The van der Waals surface area contributed by atoms with Crippen molar-refractivity contribution in [2.45, 2.75) is 26.9 Å². The van der Waals surface area contributed by atoms with Crippen LogP contribution in [-0.2, 0) is 13.1 Å². The van der Waals surface area contributed by atoms with E-state index in [1.54, 1.807) is 25.1 Å². The van der Waals surface area contributed by atoms with Gasteiger partial charge in [-0.2, -0.15) is 0 Å². The second kappa shape index (κ2) is 15.0. The number of rotatable bonds is 6. The highest BCUT2D eigenvalue weighted by molar-refractivity contribution is 6.32. The van der Waals surface area contributed by atoms with E-state index < -0.39 is 11.9 Å². The van der Waals surface area contributed by atoms with Gasteiger partial charge in [0.15, 0.2) is 0 Å². The van der Waals surface area contributed by atoms with Gasteiger partial charge in [0.05, 0.1) is 5.56 Å². The van der Waals surface area contributed by atoms with E-state index in [1.807, 2.05) is 67.6 Å². The monoisotopic (exact) mass is 520 g/mol. The SMILES string of the molecule is Cc1ccc(C(=O)O)c(Cl)n1.Cc1ccc(C(=O)O)c(NCc2ccccc2)n1.NCc1ccccc1. The second-order valence-corrected chi connectivity index (χ2v) is 8.14. The van der Waals surface area contributed by atoms with Crippen LogP contribution in [0.1, 0.15) is 43.2 Å². The van der Waals surface area contributed by atoms with Gasteiger partial charge in [-0.05, 0) is 49.2 Å². The van der Waals surface area contributed by atoms with Crippen LogP contribution in [0, 0.1) is 13.8 Å². The van der Waals surface area contributed by atoms with E-state index in [2.05, 4.69) is 15.3 Å². The molecule has 37 heavy (non-hydrogen) atoms. The number of halogens is 1. The van der Waals surface area contributed by atoms with Crippen molar-refractivity contribution in [3.63, 3.8) is 0 Å². The molecule has 0 unspecified atom stereocenters. The number of nitrogens with one attached hydrogen (secondary N) is 1. The number of aromatic carboxylic acids is 2. The van der Waals surface area contributed by atoms with Crippen LogP contribution < -0.4 is 11.1 Å². The molecule has 4 rings (SSSR count). The predicted octanol–water partition coefficient (Wildman–Crippen LogP) is 5.59. The van der Waals surface area contributed by atoms with Crippen molar-refractivity contribution < 1.29 is 19.8 Å². The first-order valence-electron chi connectivity index (χ1n) is 11.3. The third kappa shape index (κ3) is 10.1. The molecular weight excluding hydrogens is 492 g/mol. The lowest BCUT2D eigenvalue weighted by Crippen LogP contribution is -2.08. The van der Waals surface area contributed by atoms with E-state index in [0.717, 1.165) is 11.3 Å². The fraction of sp³-hybridized carbons (Fsp3) is 0.143. The van der Waals surface area contributed by atoms with Crippen LogP contribution in [0.25, 0.3) is 0 Å². The number of anilines is 1. The average molecular weight is 521 g/mol. The number of nitrogens with zero attached hydrogens (tertiary/aromatic N) is 2. The normalized spacial score (nSPS) is 9.73. The summed E-state index contributed by atoms with van der Waals surface area (Å²) in [5, 5.41) is 20.7. The van der Waals surface area contributed by atoms with Crippen molar-refractivity contribution in [3.8, 4) is 0 Å². The molecule has 8 nitrogen and oxygen atoms in total. The average Bonchev–Trinajstić information content (AvgIpc) is 2.89. The Bertz CT molecular complexity index is 1300. The summed E-state index contributed by atoms with van der Waals surface area (Å²) >= 11 is 5.53. The highest BCUT2D eigenvalue weighted by Gasteiger charge is 2.11. The Morgan fingerprint density at radius 3 is 1.70 bits per heavy atom. The molecule has 2 heterocycles. The minimum Gasteiger partial charge on any atom is -0.478 e. The number of hydrogen-bond acceptors (Lipinski definition) is 6. The van der Waals surface area contributed by atoms with Crippen molar-refractivity contribution in [2.24, 2.45) is 5.73 Å². The number of hydrogen-bond donors (Lipinski definition) is 4. The van der Waals surface area contributed by atoms with Gasteiger partial charge in [0.1, 0.15) is 16.5 Å². The Hall–Kier alpha value is -4.27. The third-order valence-corrected chi connectivity index (χ3v) is 5.15. The highest BCUT2D eigenvalue weighted by atomic mass is 35.5. The van der Waals surface area contributed by atoms with E-state index in [0.29, 0.717) is 24.6 Å². The van der Waals surface area contributed by atoms with Gasteiger partial charge in [-0.1, -0.05) is 72.3 Å². The molecule has 4 aromatic rings. The molecule has 0 amide bonds. The largest absolute Gasteiger partial charge is 0.478 e. The molecule has 0 bridgehead atoms. The molecule has 0 radical (unpaired) electrons. The summed E-state index contributed by atoms with van der Waals surface area (Å²) < 4.78 is 0. The van der Waals surface area contributed by atoms with Crippen LogP contribution in [0.2, 0.25) is 5.15 Å². The fourth-order valence-electron chi connectivity index (χ4n) is 2.94. The first-order chi connectivity index (χ1) is 17.7. The van der Waals surface area contributed by atoms with Crippen LogP contribution in [0.3, 0.4) is 0 Å². The molecule has 0 aliphatic heterocycles. The van der Waals surface area contributed by atoms with Crippen LogP contribution >= 0.6 is 11.6 Å². The number of nitrogens with two attached hydrogens (primary N) is 1. The minimum absolute atomic E-state index is 0.0391. The van der Waals surface area contributed by atoms with Gasteiger partial charge in [0.2, 0.25) is 0 Å². The number of benzene rings is 2. The molecule has 0 spiro atoms. The molecule has 0 aliphatic rings. The summed E-state index contributed by atoms with van der Waals surface area (Å²) in [5.41, 5.74) is 9.34. The molecule has 0 fully saturated rings. The van der Waals surface area contributed by atoms with Gasteiger partial charge in [-0.3, -0.25) is 0 Å². The van der Waals surface area contributed by atoms with Crippen molar-refractivity contribution in [1.82, 2.24) is 9.97 Å². The quantitative estimate of drug-likeness (QED) is 0.241. The molecular formula is C28H29ClN4O4. The minimum atomic E-state index is -1.05. The number of aryl methyl sites for hydroxylation is 2. The lowest BCUT2D eigenvalue weighted by Gasteiger charge is -2.09. The summed E-state index contributed by atoms with van der Waals surface area (Å²) in [6.07, 6.45) is 0. The van der Waals surface area contributed by atoms with Crippen LogP contribution in [0.5, 0.6) is 0 Å². The van der Waals surface area contributed by atoms with Gasteiger partial charge in [-0.25, -0.2) is 19.6 Å². The summed E-state index contributed by atoms with van der Waals surface area (Å²) in [7, 11) is 0. The molecule has 9 heteroatoms. The third-order valence-electron chi connectivity index (χ3n) is 4.86. The van der Waals surface area contributed by atoms with E-state index in [9.17, 15) is 9.59 Å². The maximum atomic E-state index is 11.1. The van der Waals surface area contributed by atoms with E-state index in [4.69, 9.17) is 27.5 Å². The maximum absolute atomic E-state index is 11.1. The molecule has 192 valence electrons. The molecule has 2 aromatic carbocycles. The Morgan fingerprint density at radius 2 is 1.24 bits per heavy atom. The summed E-state index contributed by atoms with van der Waals surface area (Å²) in [6.45, 7) is 4.77. The lowest BCUT2D eigenvalue weighted by molar-refractivity contribution is 0.0686. The molecule has 0 saturated heterocycles. The second-order valence-electron chi connectivity index (χ2n) is 7.78.